The van der Waals surface area contributed by atoms with E-state index in [0.717, 1.165) is 0 Å². The molecule has 0 aliphatic rings. The van der Waals surface area contributed by atoms with Gasteiger partial charge in [-0.2, -0.15) is 0 Å². The van der Waals surface area contributed by atoms with Gasteiger partial charge < -0.3 is 0 Å². The average molecular weight is 327 g/mol. The molecule has 0 radical (unpaired) electrons. The second kappa shape index (κ2) is 5.11. The van der Waals surface area contributed by atoms with Gasteiger partial charge in [-0.05, 0) is 0 Å². The number of rotatable bonds is 3. The van der Waals surface area contributed by atoms with Gasteiger partial charge >= 0.3 is 103 Å². The summed E-state index contributed by atoms with van der Waals surface area (Å²) < 4.78 is 2.55. The summed E-state index contributed by atoms with van der Waals surface area (Å²) in [5.74, 6) is 0. The van der Waals surface area contributed by atoms with Crippen molar-refractivity contribution in [1.82, 2.24) is 0 Å². The topological polar surface area (TPSA) is 43.1 Å². The van der Waals surface area contributed by atoms with Crippen molar-refractivity contribution in [3.8, 4) is 0 Å². The molecule has 0 aromatic heterocycles. The summed E-state index contributed by atoms with van der Waals surface area (Å²) in [6.07, 6.45) is 0. The number of nitrogens with zero attached hydrogens (tertiary/aromatic N) is 1. The van der Waals surface area contributed by atoms with Crippen molar-refractivity contribution in [3.05, 3.63) is 64.7 Å². The van der Waals surface area contributed by atoms with Crippen molar-refractivity contribution >= 4 is 33.8 Å². The summed E-state index contributed by atoms with van der Waals surface area (Å²) in [5.41, 5.74) is 0.157. The average Bonchev–Trinajstić information content (AvgIpc) is 2.31. The molecule has 2 aromatic rings. The monoisotopic (exact) mass is 329 g/mol. The van der Waals surface area contributed by atoms with E-state index < -0.39 is 20.9 Å². The van der Waals surface area contributed by atoms with Crippen molar-refractivity contribution in [2.75, 3.05) is 0 Å². The Bertz CT molecular complexity index is 482. The predicted octanol–water partition coefficient (Wildman–Crippen LogP) is 1.25. The van der Waals surface area contributed by atoms with E-state index in [1.807, 2.05) is 30.3 Å². The quantitative estimate of drug-likeness (QED) is 0.484. The van der Waals surface area contributed by atoms with Gasteiger partial charge in [0.25, 0.3) is 0 Å². The van der Waals surface area contributed by atoms with E-state index in [-0.39, 0.29) is 10.6 Å². The first-order valence-corrected chi connectivity index (χ1v) is 7.06. The Morgan fingerprint density at radius 2 is 1.44 bits per heavy atom. The zero-order chi connectivity index (χ0) is 11.4. The fourth-order valence-corrected chi connectivity index (χ4v) is 3.65. The zero-order valence-corrected chi connectivity index (χ0v) is 10.7. The molecule has 0 aliphatic heterocycles. The van der Waals surface area contributed by atoms with Crippen LogP contribution in [0.5, 0.6) is 0 Å². The maximum absolute atomic E-state index is 10.5. The van der Waals surface area contributed by atoms with Crippen LogP contribution in [0.4, 0.5) is 5.69 Å². The third-order valence-electron chi connectivity index (χ3n) is 2.03. The van der Waals surface area contributed by atoms with Crippen LogP contribution in [-0.4, -0.2) is 25.8 Å². The third-order valence-corrected chi connectivity index (χ3v) is 4.93. The van der Waals surface area contributed by atoms with E-state index in [1.54, 1.807) is 12.1 Å². The summed E-state index contributed by atoms with van der Waals surface area (Å²) in [6, 6.07) is 17.1. The number of nitro benzene ring substituents is 1. The van der Waals surface area contributed by atoms with E-state index in [9.17, 15) is 10.1 Å². The number of hydrogen-bond donors (Lipinski definition) is 0. The summed E-state index contributed by atoms with van der Waals surface area (Å²) >= 11 is -0.414. The van der Waals surface area contributed by atoms with Gasteiger partial charge in [-0.1, -0.05) is 0 Å². The van der Waals surface area contributed by atoms with Gasteiger partial charge in [0.15, 0.2) is 0 Å². The number of non-ortho nitro benzene ring substituents is 1. The number of hydrogen-bond acceptors (Lipinski definition) is 2. The first-order chi connectivity index (χ1) is 7.75. The first-order valence-electron chi connectivity index (χ1n) is 4.73. The first kappa shape index (κ1) is 11.1. The van der Waals surface area contributed by atoms with Crippen LogP contribution in [0.15, 0.2) is 54.6 Å². The molecule has 0 N–H and O–H groups in total. The molecule has 0 saturated carbocycles. The van der Waals surface area contributed by atoms with Gasteiger partial charge in [0.1, 0.15) is 0 Å². The normalized spacial score (nSPS) is 10.0. The van der Waals surface area contributed by atoms with Gasteiger partial charge in [0.2, 0.25) is 0 Å². The molecule has 0 amide bonds. The van der Waals surface area contributed by atoms with Gasteiger partial charge in [-0.25, -0.2) is 0 Å². The maximum atomic E-state index is 10.5. The molecule has 0 aliphatic carbocycles. The standard InChI is InChI=1S/C12H9NO2Te/c14-13(15)10-6-8-12(9-7-10)16-11-4-2-1-3-5-11/h1-9H. The van der Waals surface area contributed by atoms with Gasteiger partial charge in [-0.15, -0.1) is 0 Å². The Balaban J connectivity index is 2.14. The van der Waals surface area contributed by atoms with E-state index in [0.29, 0.717) is 0 Å². The van der Waals surface area contributed by atoms with E-state index in [1.165, 1.54) is 7.22 Å². The van der Waals surface area contributed by atoms with Crippen molar-refractivity contribution in [2.24, 2.45) is 0 Å². The molecule has 0 heterocycles. The van der Waals surface area contributed by atoms with Gasteiger partial charge in [0.05, 0.1) is 0 Å². The van der Waals surface area contributed by atoms with Crippen LogP contribution in [0.2, 0.25) is 0 Å². The minimum absolute atomic E-state index is 0.157. The molecule has 0 unspecified atom stereocenters. The van der Waals surface area contributed by atoms with Crippen molar-refractivity contribution in [1.29, 1.82) is 0 Å². The van der Waals surface area contributed by atoms with Crippen LogP contribution in [0, 0.1) is 10.1 Å². The molecule has 0 fully saturated rings. The molecule has 80 valence electrons. The fraction of sp³-hybridized carbons (Fsp3) is 0. The van der Waals surface area contributed by atoms with Crippen LogP contribution in [-0.2, 0) is 0 Å². The van der Waals surface area contributed by atoms with Crippen LogP contribution >= 0.6 is 0 Å². The molecule has 16 heavy (non-hydrogen) atoms. The Kier molecular flexibility index (Phi) is 3.55. The summed E-state index contributed by atoms with van der Waals surface area (Å²) in [4.78, 5) is 10.1. The Morgan fingerprint density at radius 1 is 0.875 bits per heavy atom. The summed E-state index contributed by atoms with van der Waals surface area (Å²) in [5, 5.41) is 10.5. The van der Waals surface area contributed by atoms with Gasteiger partial charge in [0, 0.05) is 0 Å². The predicted molar refractivity (Wildman–Crippen MR) is 64.6 cm³/mol. The third kappa shape index (κ3) is 2.82. The summed E-state index contributed by atoms with van der Waals surface area (Å²) in [7, 11) is 0. The van der Waals surface area contributed by atoms with Crippen LogP contribution in [0.3, 0.4) is 0 Å². The van der Waals surface area contributed by atoms with E-state index in [2.05, 4.69) is 12.1 Å². The Morgan fingerprint density at radius 3 is 2.00 bits per heavy atom. The molecule has 2 aromatic carbocycles. The molecule has 0 atom stereocenters. The Labute approximate surface area is 103 Å². The van der Waals surface area contributed by atoms with Crippen molar-refractivity contribution < 1.29 is 4.92 Å². The molecular formula is C12H9NO2Te. The van der Waals surface area contributed by atoms with Gasteiger partial charge in [-0.3, -0.25) is 0 Å². The molecule has 0 bridgehead atoms. The van der Waals surface area contributed by atoms with Crippen LogP contribution < -0.4 is 7.22 Å². The molecule has 0 saturated heterocycles. The SMILES string of the molecule is O=[N+]([O-])c1ccc([Te]c2ccccc2)cc1. The second-order valence-electron chi connectivity index (χ2n) is 3.17. The van der Waals surface area contributed by atoms with E-state index >= 15 is 0 Å². The molecule has 0 spiro atoms. The Hall–Kier alpha value is -1.37. The van der Waals surface area contributed by atoms with Crippen molar-refractivity contribution in [3.63, 3.8) is 0 Å². The molecular weight excluding hydrogens is 318 g/mol. The minimum atomic E-state index is -0.414. The van der Waals surface area contributed by atoms with E-state index in [4.69, 9.17) is 0 Å². The van der Waals surface area contributed by atoms with Crippen LogP contribution in [0.1, 0.15) is 0 Å². The number of benzene rings is 2. The van der Waals surface area contributed by atoms with Crippen LogP contribution in [0.25, 0.3) is 0 Å². The molecule has 4 heteroatoms. The van der Waals surface area contributed by atoms with Crippen molar-refractivity contribution in [2.45, 2.75) is 0 Å². The fourth-order valence-electron chi connectivity index (χ4n) is 1.26. The second-order valence-corrected chi connectivity index (χ2v) is 6.44. The zero-order valence-electron chi connectivity index (χ0n) is 8.37. The molecule has 2 rings (SSSR count). The molecule has 3 nitrogen and oxygen atoms in total. The summed E-state index contributed by atoms with van der Waals surface area (Å²) in [6.45, 7) is 0. The number of nitro groups is 1.